The minimum atomic E-state index is -0.920. The van der Waals surface area contributed by atoms with Gasteiger partial charge in [-0.1, -0.05) is 65.2 Å². The van der Waals surface area contributed by atoms with Crippen LogP contribution in [0.2, 0.25) is 0 Å². The number of carboxylic acid groups (broad SMARTS) is 2. The van der Waals surface area contributed by atoms with Gasteiger partial charge in [0.25, 0.3) is 0 Å². The molecule has 0 aliphatic heterocycles. The van der Waals surface area contributed by atoms with Crippen LogP contribution in [0.1, 0.15) is 90.9 Å². The van der Waals surface area contributed by atoms with Crippen molar-refractivity contribution in [1.29, 1.82) is 0 Å². The van der Waals surface area contributed by atoms with Crippen molar-refractivity contribution < 1.29 is 36.3 Å². The number of carbonyl (C=O) groups is 2. The molecule has 0 aliphatic carbocycles. The second kappa shape index (κ2) is 25.9. The van der Waals surface area contributed by atoms with E-state index in [1.54, 1.807) is 0 Å². The number of carbonyl (C=O) groups excluding carboxylic acids is 2. The van der Waals surface area contributed by atoms with Crippen LogP contribution in [0, 0.1) is 0 Å². The molecule has 0 amide bonds. The van der Waals surface area contributed by atoms with E-state index in [0.717, 1.165) is 38.5 Å². The van der Waals surface area contributed by atoms with Gasteiger partial charge in [-0.05, 0) is 25.7 Å². The molecule has 22 heavy (non-hydrogen) atoms. The number of carboxylic acids is 2. The Hall–Kier alpha value is -0.0340. The SMILES string of the molecule is CCCCCCCC(=O)[O-].CCCCCCCC(=O)[O-].[Al].[Ni+2]. The Morgan fingerprint density at radius 1 is 0.636 bits per heavy atom. The summed E-state index contributed by atoms with van der Waals surface area (Å²) in [6.07, 6.45) is 11.2. The molecule has 4 nitrogen and oxygen atoms in total. The first kappa shape index (κ1) is 29.9. The summed E-state index contributed by atoms with van der Waals surface area (Å²) in [5.41, 5.74) is 0. The van der Waals surface area contributed by atoms with E-state index in [0.29, 0.717) is 0 Å². The number of aliphatic carboxylic acids is 2. The van der Waals surface area contributed by atoms with Gasteiger partial charge in [-0.25, -0.2) is 0 Å². The van der Waals surface area contributed by atoms with Crippen molar-refractivity contribution in [2.75, 3.05) is 0 Å². The second-order valence-electron chi connectivity index (χ2n) is 5.07. The largest absolute Gasteiger partial charge is 2.00 e. The molecule has 0 bridgehead atoms. The maximum absolute atomic E-state index is 9.92. The average molecular weight is 372 g/mol. The van der Waals surface area contributed by atoms with Gasteiger partial charge in [0.1, 0.15) is 0 Å². The van der Waals surface area contributed by atoms with Crippen LogP contribution in [0.4, 0.5) is 0 Å². The summed E-state index contributed by atoms with van der Waals surface area (Å²) in [6, 6.07) is 0. The number of unbranched alkanes of at least 4 members (excludes halogenated alkanes) is 8. The predicted octanol–water partition coefficient (Wildman–Crippen LogP) is 1.81. The average Bonchev–Trinajstić information content (AvgIpc) is 2.38. The maximum Gasteiger partial charge on any atom is 2.00 e. The fraction of sp³-hybridized carbons (Fsp3) is 0.875. The Labute approximate surface area is 156 Å². The van der Waals surface area contributed by atoms with Crippen molar-refractivity contribution in [2.45, 2.75) is 90.9 Å². The van der Waals surface area contributed by atoms with Crippen molar-refractivity contribution in [3.8, 4) is 0 Å². The van der Waals surface area contributed by atoms with E-state index in [2.05, 4.69) is 13.8 Å². The molecule has 0 saturated heterocycles. The van der Waals surface area contributed by atoms with Gasteiger partial charge in [-0.2, -0.15) is 0 Å². The van der Waals surface area contributed by atoms with E-state index >= 15 is 0 Å². The van der Waals surface area contributed by atoms with Gasteiger partial charge in [0.15, 0.2) is 0 Å². The van der Waals surface area contributed by atoms with Gasteiger partial charge < -0.3 is 19.8 Å². The maximum atomic E-state index is 9.92. The molecule has 0 saturated carbocycles. The van der Waals surface area contributed by atoms with Gasteiger partial charge in [-0.3, -0.25) is 0 Å². The second-order valence-corrected chi connectivity index (χ2v) is 5.07. The van der Waals surface area contributed by atoms with Gasteiger partial charge >= 0.3 is 16.5 Å². The van der Waals surface area contributed by atoms with Crippen molar-refractivity contribution in [2.24, 2.45) is 0 Å². The molecule has 0 unspecified atom stereocenters. The Kier molecular flexibility index (Phi) is 35.2. The van der Waals surface area contributed by atoms with E-state index in [1.807, 2.05) is 0 Å². The van der Waals surface area contributed by atoms with E-state index < -0.39 is 11.9 Å². The summed E-state index contributed by atoms with van der Waals surface area (Å²) in [5.74, 6) is -1.84. The van der Waals surface area contributed by atoms with Crippen molar-refractivity contribution in [3.63, 3.8) is 0 Å². The summed E-state index contributed by atoms with van der Waals surface area (Å²) in [5, 5.41) is 19.8. The van der Waals surface area contributed by atoms with Crippen molar-refractivity contribution in [3.05, 3.63) is 0 Å². The smallest absolute Gasteiger partial charge is 0.550 e. The Bertz CT molecular complexity index is 214. The number of hydrogen-bond acceptors (Lipinski definition) is 4. The van der Waals surface area contributed by atoms with Crippen molar-refractivity contribution in [1.82, 2.24) is 0 Å². The summed E-state index contributed by atoms with van der Waals surface area (Å²) < 4.78 is 0. The van der Waals surface area contributed by atoms with E-state index in [4.69, 9.17) is 0 Å². The van der Waals surface area contributed by atoms with Crippen LogP contribution in [0.3, 0.4) is 0 Å². The molecule has 0 atom stereocenters. The normalized spacial score (nSPS) is 8.82. The van der Waals surface area contributed by atoms with Crippen LogP contribution in [0.15, 0.2) is 0 Å². The van der Waals surface area contributed by atoms with Gasteiger partial charge in [-0.15, -0.1) is 0 Å². The molecule has 0 aromatic carbocycles. The van der Waals surface area contributed by atoms with Crippen LogP contribution < -0.4 is 10.2 Å². The Morgan fingerprint density at radius 2 is 0.909 bits per heavy atom. The predicted molar refractivity (Wildman–Crippen MR) is 82.5 cm³/mol. The summed E-state index contributed by atoms with van der Waals surface area (Å²) in [7, 11) is 0. The fourth-order valence-corrected chi connectivity index (χ4v) is 1.75. The molecule has 6 heteroatoms. The first-order valence-electron chi connectivity index (χ1n) is 7.94. The summed E-state index contributed by atoms with van der Waals surface area (Å²) in [4.78, 5) is 19.8. The molecule has 0 aromatic heterocycles. The zero-order chi connectivity index (χ0) is 15.6. The third-order valence-corrected chi connectivity index (χ3v) is 2.97. The fourth-order valence-electron chi connectivity index (χ4n) is 1.75. The molecular formula is C16H30AlNiO4. The molecule has 0 N–H and O–H groups in total. The van der Waals surface area contributed by atoms with Crippen LogP contribution in [0.5, 0.6) is 0 Å². The zero-order valence-electron chi connectivity index (χ0n) is 14.0. The summed E-state index contributed by atoms with van der Waals surface area (Å²) >= 11 is 0. The Morgan fingerprint density at radius 3 is 1.14 bits per heavy atom. The molecule has 0 spiro atoms. The first-order chi connectivity index (χ1) is 9.54. The van der Waals surface area contributed by atoms with Crippen LogP contribution in [0.25, 0.3) is 0 Å². The Balaban J connectivity index is -0.000000135. The van der Waals surface area contributed by atoms with E-state index in [9.17, 15) is 19.8 Å². The van der Waals surface area contributed by atoms with E-state index in [-0.39, 0.29) is 46.7 Å². The van der Waals surface area contributed by atoms with Crippen LogP contribution >= 0.6 is 0 Å². The standard InChI is InChI=1S/2C8H16O2.Al.Ni/c2*1-2-3-4-5-6-7-8(9)10;;/h2*2-7H2,1H3,(H,9,10);;/q;;;+2/p-2. The number of hydrogen-bond donors (Lipinski definition) is 0. The molecule has 0 aromatic rings. The van der Waals surface area contributed by atoms with Crippen LogP contribution in [-0.2, 0) is 26.1 Å². The van der Waals surface area contributed by atoms with Crippen LogP contribution in [-0.4, -0.2) is 29.3 Å². The zero-order valence-corrected chi connectivity index (χ0v) is 16.2. The minimum absolute atomic E-state index is 0. The molecular weight excluding hydrogens is 342 g/mol. The monoisotopic (exact) mass is 371 g/mol. The quantitative estimate of drug-likeness (QED) is 0.387. The molecule has 0 fully saturated rings. The first-order valence-corrected chi connectivity index (χ1v) is 7.94. The van der Waals surface area contributed by atoms with E-state index in [1.165, 1.54) is 25.7 Å². The molecule has 0 rings (SSSR count). The molecule has 3 radical (unpaired) electrons. The van der Waals surface area contributed by atoms with Crippen molar-refractivity contribution >= 4 is 29.3 Å². The summed E-state index contributed by atoms with van der Waals surface area (Å²) in [6.45, 7) is 4.28. The molecule has 0 heterocycles. The van der Waals surface area contributed by atoms with Gasteiger partial charge in [0.2, 0.25) is 0 Å². The molecule has 0 aliphatic rings. The molecule has 131 valence electrons. The topological polar surface area (TPSA) is 80.3 Å². The number of rotatable bonds is 12. The minimum Gasteiger partial charge on any atom is -0.550 e. The third-order valence-electron chi connectivity index (χ3n) is 2.97. The third kappa shape index (κ3) is 36.8. The van der Waals surface area contributed by atoms with Gasteiger partial charge in [0, 0.05) is 29.3 Å². The van der Waals surface area contributed by atoms with Gasteiger partial charge in [0.05, 0.1) is 0 Å².